The molecule has 3 aromatic carbocycles. The van der Waals surface area contributed by atoms with E-state index in [1.807, 2.05) is 49.4 Å². The zero-order chi connectivity index (χ0) is 29.8. The highest BCUT2D eigenvalue weighted by Crippen LogP contribution is 2.23. The summed E-state index contributed by atoms with van der Waals surface area (Å²) >= 11 is 6.46. The van der Waals surface area contributed by atoms with Crippen LogP contribution in [0.3, 0.4) is 0 Å². The molecule has 0 radical (unpaired) electrons. The van der Waals surface area contributed by atoms with Gasteiger partial charge in [-0.05, 0) is 54.3 Å². The minimum Gasteiger partial charge on any atom is -0.354 e. The SMILES string of the molecule is CCCCNC(=O)C(Cc1ccccc1)N(Cc1ccccc1Cl)C(=O)CCCN(c1ccc(F)cc1)S(C)(=O)=O. The molecule has 7 nitrogen and oxygen atoms in total. The van der Waals surface area contributed by atoms with Crippen LogP contribution in [0.2, 0.25) is 5.02 Å². The molecule has 2 amide bonds. The standard InChI is InChI=1S/C31H37ClFN3O4S/c1-3-4-20-34-31(38)29(22-24-11-6-5-7-12-24)35(23-25-13-8-9-14-28(25)32)30(37)15-10-21-36(41(2,39)40)27-18-16-26(33)17-19-27/h5-9,11-14,16-19,29H,3-4,10,15,20-23H2,1-2H3,(H,34,38). The van der Waals surface area contributed by atoms with Crippen LogP contribution in [0.4, 0.5) is 10.1 Å². The van der Waals surface area contributed by atoms with Crippen LogP contribution in [-0.4, -0.2) is 50.5 Å². The number of amides is 2. The predicted molar refractivity (Wildman–Crippen MR) is 162 cm³/mol. The molecule has 3 aromatic rings. The number of rotatable bonds is 15. The van der Waals surface area contributed by atoms with Gasteiger partial charge in [0.2, 0.25) is 21.8 Å². The molecule has 0 bridgehead atoms. The predicted octanol–water partition coefficient (Wildman–Crippen LogP) is 5.58. The highest BCUT2D eigenvalue weighted by molar-refractivity contribution is 7.92. The largest absolute Gasteiger partial charge is 0.354 e. The number of sulfonamides is 1. The van der Waals surface area contributed by atoms with Crippen molar-refractivity contribution in [2.24, 2.45) is 0 Å². The summed E-state index contributed by atoms with van der Waals surface area (Å²) in [7, 11) is -3.68. The number of nitrogens with zero attached hydrogens (tertiary/aromatic N) is 2. The third kappa shape index (κ3) is 9.86. The molecule has 0 fully saturated rings. The van der Waals surface area contributed by atoms with Gasteiger partial charge in [0.25, 0.3) is 0 Å². The second kappa shape index (κ2) is 15.5. The maximum Gasteiger partial charge on any atom is 0.243 e. The summed E-state index contributed by atoms with van der Waals surface area (Å²) in [6, 6.07) is 21.0. The maximum atomic E-state index is 13.8. The summed E-state index contributed by atoms with van der Waals surface area (Å²) in [5.74, 6) is -1.04. The topological polar surface area (TPSA) is 86.8 Å². The number of hydrogen-bond donors (Lipinski definition) is 1. The minimum absolute atomic E-state index is 0.00873. The molecular formula is C31H37ClFN3O4S. The molecule has 41 heavy (non-hydrogen) atoms. The first kappa shape index (κ1) is 32.1. The fourth-order valence-electron chi connectivity index (χ4n) is 4.48. The first-order chi connectivity index (χ1) is 19.6. The van der Waals surface area contributed by atoms with Gasteiger partial charge in [0.05, 0.1) is 11.9 Å². The van der Waals surface area contributed by atoms with E-state index in [1.165, 1.54) is 29.2 Å². The van der Waals surface area contributed by atoms with Gasteiger partial charge in [-0.25, -0.2) is 12.8 Å². The third-order valence-electron chi connectivity index (χ3n) is 6.67. The molecule has 0 spiro atoms. The van der Waals surface area contributed by atoms with Gasteiger partial charge in [-0.2, -0.15) is 0 Å². The Morgan fingerprint density at radius 1 is 0.951 bits per heavy atom. The fourth-order valence-corrected chi connectivity index (χ4v) is 5.64. The van der Waals surface area contributed by atoms with E-state index in [4.69, 9.17) is 11.6 Å². The Morgan fingerprint density at radius 2 is 1.61 bits per heavy atom. The molecule has 0 aliphatic carbocycles. The van der Waals surface area contributed by atoms with Crippen molar-refractivity contribution in [2.45, 2.75) is 51.6 Å². The van der Waals surface area contributed by atoms with Crippen molar-refractivity contribution in [3.8, 4) is 0 Å². The van der Waals surface area contributed by atoms with Crippen molar-refractivity contribution in [1.82, 2.24) is 10.2 Å². The van der Waals surface area contributed by atoms with Crippen molar-refractivity contribution in [1.29, 1.82) is 0 Å². The summed E-state index contributed by atoms with van der Waals surface area (Å²) in [5, 5.41) is 3.46. The lowest BCUT2D eigenvalue weighted by atomic mass is 10.0. The lowest BCUT2D eigenvalue weighted by molar-refractivity contribution is -0.141. The quantitative estimate of drug-likeness (QED) is 0.230. The number of benzene rings is 3. The van der Waals surface area contributed by atoms with Crippen molar-refractivity contribution in [3.63, 3.8) is 0 Å². The van der Waals surface area contributed by atoms with Crippen molar-refractivity contribution >= 4 is 39.1 Å². The van der Waals surface area contributed by atoms with Crippen molar-refractivity contribution < 1.29 is 22.4 Å². The monoisotopic (exact) mass is 601 g/mol. The molecule has 0 aliphatic rings. The normalized spacial score (nSPS) is 12.0. The Morgan fingerprint density at radius 3 is 2.24 bits per heavy atom. The number of carbonyl (C=O) groups excluding carboxylic acids is 2. The molecule has 0 aromatic heterocycles. The second-order valence-corrected chi connectivity index (χ2v) is 12.2. The summed E-state index contributed by atoms with van der Waals surface area (Å²) in [6.45, 7) is 2.66. The van der Waals surface area contributed by atoms with Gasteiger partial charge in [-0.3, -0.25) is 13.9 Å². The number of nitrogens with one attached hydrogen (secondary N) is 1. The Hall–Kier alpha value is -3.43. The molecular weight excluding hydrogens is 565 g/mol. The number of halogens is 2. The second-order valence-electron chi connectivity index (χ2n) is 9.88. The van der Waals surface area contributed by atoms with Gasteiger partial charge in [0.1, 0.15) is 11.9 Å². The zero-order valence-corrected chi connectivity index (χ0v) is 25.0. The van der Waals surface area contributed by atoms with E-state index in [2.05, 4.69) is 5.32 Å². The Labute approximate surface area is 247 Å². The summed E-state index contributed by atoms with van der Waals surface area (Å²) in [5.41, 5.74) is 1.91. The molecule has 0 heterocycles. The van der Waals surface area contributed by atoms with Gasteiger partial charge in [-0.15, -0.1) is 0 Å². The average molecular weight is 602 g/mol. The van der Waals surface area contributed by atoms with Gasteiger partial charge in [0, 0.05) is 37.5 Å². The lowest BCUT2D eigenvalue weighted by Gasteiger charge is -2.32. The molecule has 3 rings (SSSR count). The smallest absolute Gasteiger partial charge is 0.243 e. The van der Waals surface area contributed by atoms with E-state index in [9.17, 15) is 22.4 Å². The third-order valence-corrected chi connectivity index (χ3v) is 8.23. The average Bonchev–Trinajstić information content (AvgIpc) is 2.94. The van der Waals surface area contributed by atoms with Crippen LogP contribution in [0.15, 0.2) is 78.9 Å². The van der Waals surface area contributed by atoms with Crippen LogP contribution in [0.25, 0.3) is 0 Å². The van der Waals surface area contributed by atoms with Crippen LogP contribution in [-0.2, 0) is 32.6 Å². The van der Waals surface area contributed by atoms with E-state index in [0.29, 0.717) is 29.2 Å². The number of hydrogen-bond acceptors (Lipinski definition) is 4. The highest BCUT2D eigenvalue weighted by atomic mass is 35.5. The van der Waals surface area contributed by atoms with Gasteiger partial charge < -0.3 is 10.2 Å². The highest BCUT2D eigenvalue weighted by Gasteiger charge is 2.31. The van der Waals surface area contributed by atoms with Crippen LogP contribution < -0.4 is 9.62 Å². The molecule has 0 saturated heterocycles. The van der Waals surface area contributed by atoms with Gasteiger partial charge in [-0.1, -0.05) is 73.5 Å². The Bertz CT molecular complexity index is 1390. The Balaban J connectivity index is 1.87. The summed E-state index contributed by atoms with van der Waals surface area (Å²) in [4.78, 5) is 28.9. The molecule has 1 N–H and O–H groups in total. The Kier molecular flexibility index (Phi) is 12.2. The molecule has 0 aliphatic heterocycles. The maximum absolute atomic E-state index is 13.8. The fraction of sp³-hybridized carbons (Fsp3) is 0.355. The first-order valence-corrected chi connectivity index (χ1v) is 15.9. The minimum atomic E-state index is -3.68. The lowest BCUT2D eigenvalue weighted by Crippen LogP contribution is -2.50. The molecule has 0 saturated carbocycles. The molecule has 1 atom stereocenters. The zero-order valence-electron chi connectivity index (χ0n) is 23.4. The van der Waals surface area contributed by atoms with Crippen molar-refractivity contribution in [3.05, 3.63) is 101 Å². The van der Waals surface area contributed by atoms with Crippen LogP contribution in [0, 0.1) is 5.82 Å². The van der Waals surface area contributed by atoms with E-state index >= 15 is 0 Å². The van der Waals surface area contributed by atoms with Gasteiger partial charge in [0.15, 0.2) is 0 Å². The van der Waals surface area contributed by atoms with Gasteiger partial charge >= 0.3 is 0 Å². The van der Waals surface area contributed by atoms with Crippen LogP contribution >= 0.6 is 11.6 Å². The van der Waals surface area contributed by atoms with E-state index in [0.717, 1.165) is 29.0 Å². The first-order valence-electron chi connectivity index (χ1n) is 13.7. The molecule has 10 heteroatoms. The van der Waals surface area contributed by atoms with Crippen molar-refractivity contribution in [2.75, 3.05) is 23.7 Å². The number of unbranched alkanes of at least 4 members (excludes halogenated alkanes) is 1. The number of carbonyl (C=O) groups is 2. The van der Waals surface area contributed by atoms with E-state index < -0.39 is 21.9 Å². The molecule has 220 valence electrons. The van der Waals surface area contributed by atoms with Crippen LogP contribution in [0.1, 0.15) is 43.7 Å². The van der Waals surface area contributed by atoms with E-state index in [-0.39, 0.29) is 37.7 Å². The molecule has 1 unspecified atom stereocenters. The summed E-state index contributed by atoms with van der Waals surface area (Å²) < 4.78 is 39.6. The number of anilines is 1. The van der Waals surface area contributed by atoms with E-state index in [1.54, 1.807) is 12.1 Å². The van der Waals surface area contributed by atoms with Crippen LogP contribution in [0.5, 0.6) is 0 Å². The summed E-state index contributed by atoms with van der Waals surface area (Å²) in [6.07, 6.45) is 3.28.